The van der Waals surface area contributed by atoms with Crippen LogP contribution in [0.15, 0.2) is 12.4 Å². The van der Waals surface area contributed by atoms with Gasteiger partial charge in [-0.1, -0.05) is 13.8 Å². The Morgan fingerprint density at radius 1 is 1.43 bits per heavy atom. The highest BCUT2D eigenvalue weighted by Gasteiger charge is 2.09. The molecule has 2 heterocycles. The third kappa shape index (κ3) is 1.26. The molecule has 0 aliphatic carbocycles. The number of hydrogen-bond acceptors (Lipinski definition) is 4. The lowest BCUT2D eigenvalue weighted by Crippen LogP contribution is -1.99. The van der Waals surface area contributed by atoms with Crippen molar-refractivity contribution in [3.8, 4) is 0 Å². The predicted molar refractivity (Wildman–Crippen MR) is 50.3 cm³/mol. The normalized spacial score (nSPS) is 11.1. The zero-order valence-electron chi connectivity index (χ0n) is 8.01. The Hall–Kier alpha value is -1.78. The number of fused-ring (bicyclic) bond motifs is 1. The van der Waals surface area contributed by atoms with Crippen molar-refractivity contribution in [2.24, 2.45) is 0 Å². The van der Waals surface area contributed by atoms with Gasteiger partial charge in [-0.3, -0.25) is 9.20 Å². The molecule has 0 saturated carbocycles. The van der Waals surface area contributed by atoms with E-state index in [1.165, 1.54) is 6.20 Å². The topological polar surface area (TPSA) is 60.2 Å². The average Bonchev–Trinajstić information content (AvgIpc) is 2.59. The Kier molecular flexibility index (Phi) is 1.99. The van der Waals surface area contributed by atoms with E-state index in [2.05, 4.69) is 15.2 Å². The molecule has 0 radical (unpaired) electrons. The number of aromatic nitrogens is 4. The van der Waals surface area contributed by atoms with Crippen molar-refractivity contribution in [1.82, 2.24) is 19.6 Å². The molecule has 0 aromatic carbocycles. The van der Waals surface area contributed by atoms with Gasteiger partial charge in [0, 0.05) is 23.9 Å². The molecule has 0 bridgehead atoms. The molecule has 2 rings (SSSR count). The van der Waals surface area contributed by atoms with Crippen molar-refractivity contribution in [2.45, 2.75) is 19.8 Å². The highest BCUT2D eigenvalue weighted by molar-refractivity contribution is 5.73. The van der Waals surface area contributed by atoms with Gasteiger partial charge in [0.25, 0.3) is 5.78 Å². The predicted octanol–water partition coefficient (Wildman–Crippen LogP) is 1.06. The number of nitrogens with zero attached hydrogens (tertiary/aromatic N) is 4. The minimum atomic E-state index is 0.258. The van der Waals surface area contributed by atoms with Crippen LogP contribution in [0.3, 0.4) is 0 Å². The summed E-state index contributed by atoms with van der Waals surface area (Å²) in [5.41, 5.74) is 0.527. The summed E-state index contributed by atoms with van der Waals surface area (Å²) < 4.78 is 1.74. The molecule has 0 spiro atoms. The fourth-order valence-corrected chi connectivity index (χ4v) is 1.28. The zero-order chi connectivity index (χ0) is 10.1. The Morgan fingerprint density at radius 3 is 2.86 bits per heavy atom. The van der Waals surface area contributed by atoms with Crippen molar-refractivity contribution < 1.29 is 4.79 Å². The summed E-state index contributed by atoms with van der Waals surface area (Å²) in [7, 11) is 0. The van der Waals surface area contributed by atoms with Crippen molar-refractivity contribution in [2.75, 3.05) is 0 Å². The molecule has 2 aromatic rings. The van der Waals surface area contributed by atoms with Crippen molar-refractivity contribution in [3.05, 3.63) is 23.8 Å². The first-order valence-corrected chi connectivity index (χ1v) is 4.38. The molecule has 0 aliphatic heterocycles. The van der Waals surface area contributed by atoms with Crippen molar-refractivity contribution in [3.63, 3.8) is 0 Å². The molecule has 5 heteroatoms. The second-order valence-electron chi connectivity index (χ2n) is 3.39. The van der Waals surface area contributed by atoms with E-state index in [0.29, 0.717) is 11.3 Å². The fraction of sp³-hybridized carbons (Fsp3) is 0.333. The van der Waals surface area contributed by atoms with Gasteiger partial charge in [-0.25, -0.2) is 4.98 Å². The lowest BCUT2D eigenvalue weighted by molar-refractivity contribution is 0.112. The van der Waals surface area contributed by atoms with Crippen LogP contribution < -0.4 is 0 Å². The number of carbonyl (C=O) groups is 1. The van der Waals surface area contributed by atoms with Crippen LogP contribution in [-0.2, 0) is 0 Å². The maximum absolute atomic E-state index is 10.6. The van der Waals surface area contributed by atoms with Gasteiger partial charge in [-0.05, 0) is 0 Å². The van der Waals surface area contributed by atoms with E-state index in [-0.39, 0.29) is 5.92 Å². The van der Waals surface area contributed by atoms with Gasteiger partial charge >= 0.3 is 0 Å². The van der Waals surface area contributed by atoms with Crippen molar-refractivity contribution in [1.29, 1.82) is 0 Å². The van der Waals surface area contributed by atoms with E-state index in [9.17, 15) is 4.79 Å². The minimum absolute atomic E-state index is 0.258. The van der Waals surface area contributed by atoms with E-state index in [0.717, 1.165) is 12.1 Å². The largest absolute Gasteiger partial charge is 0.298 e. The molecule has 72 valence electrons. The number of rotatable bonds is 2. The lowest BCUT2D eigenvalue weighted by atomic mass is 10.2. The Labute approximate surface area is 80.8 Å². The Balaban J connectivity index is 2.69. The first-order chi connectivity index (χ1) is 6.72. The van der Waals surface area contributed by atoms with Crippen molar-refractivity contribution >= 4 is 12.1 Å². The summed E-state index contributed by atoms with van der Waals surface area (Å²) in [4.78, 5) is 14.6. The van der Waals surface area contributed by atoms with E-state index >= 15 is 0 Å². The van der Waals surface area contributed by atoms with Gasteiger partial charge in [-0.15, -0.1) is 10.2 Å². The maximum atomic E-state index is 10.6. The quantitative estimate of drug-likeness (QED) is 0.664. The minimum Gasteiger partial charge on any atom is -0.298 e. The average molecular weight is 190 g/mol. The zero-order valence-corrected chi connectivity index (χ0v) is 8.01. The molecule has 0 aliphatic rings. The molecule has 0 N–H and O–H groups in total. The number of hydrogen-bond donors (Lipinski definition) is 0. The van der Waals surface area contributed by atoms with E-state index in [1.807, 2.05) is 13.8 Å². The summed E-state index contributed by atoms with van der Waals surface area (Å²) in [5.74, 6) is 1.60. The van der Waals surface area contributed by atoms with Gasteiger partial charge in [0.2, 0.25) is 0 Å². The van der Waals surface area contributed by atoms with Gasteiger partial charge in [0.05, 0.1) is 0 Å². The summed E-state index contributed by atoms with van der Waals surface area (Å²) >= 11 is 0. The van der Waals surface area contributed by atoms with Crippen LogP contribution in [0.5, 0.6) is 0 Å². The molecule has 14 heavy (non-hydrogen) atoms. The smallest absolute Gasteiger partial charge is 0.254 e. The highest BCUT2D eigenvalue weighted by atomic mass is 16.1. The molecule has 2 aromatic heterocycles. The summed E-state index contributed by atoms with van der Waals surface area (Å²) in [6.45, 7) is 4.04. The van der Waals surface area contributed by atoms with Crippen LogP contribution in [0.4, 0.5) is 0 Å². The molecule has 0 fully saturated rings. The molecular weight excluding hydrogens is 180 g/mol. The standard InChI is InChI=1S/C9H10N4O/c1-6(2)8-11-12-9-10-3-7(5-14)4-13(8)9/h3-6H,1-2H3. The third-order valence-electron chi connectivity index (χ3n) is 1.96. The van der Waals surface area contributed by atoms with Gasteiger partial charge in [0.1, 0.15) is 5.82 Å². The molecule has 0 unspecified atom stereocenters. The highest BCUT2D eigenvalue weighted by Crippen LogP contribution is 2.12. The van der Waals surface area contributed by atoms with Crippen LogP contribution >= 0.6 is 0 Å². The van der Waals surface area contributed by atoms with E-state index in [1.54, 1.807) is 10.6 Å². The van der Waals surface area contributed by atoms with Gasteiger partial charge in [-0.2, -0.15) is 0 Å². The van der Waals surface area contributed by atoms with Crippen LogP contribution in [0.25, 0.3) is 5.78 Å². The SMILES string of the molecule is CC(C)c1nnc2ncc(C=O)cn12. The third-order valence-corrected chi connectivity index (χ3v) is 1.96. The maximum Gasteiger partial charge on any atom is 0.254 e. The summed E-state index contributed by atoms with van der Waals surface area (Å²) in [6, 6.07) is 0. The second-order valence-corrected chi connectivity index (χ2v) is 3.39. The molecular formula is C9H10N4O. The Bertz CT molecular complexity index is 475. The Morgan fingerprint density at radius 2 is 2.21 bits per heavy atom. The first-order valence-electron chi connectivity index (χ1n) is 4.38. The molecule has 5 nitrogen and oxygen atoms in total. The van der Waals surface area contributed by atoms with Crippen LogP contribution in [0.1, 0.15) is 35.9 Å². The van der Waals surface area contributed by atoms with E-state index in [4.69, 9.17) is 0 Å². The second kappa shape index (κ2) is 3.17. The fourth-order valence-electron chi connectivity index (χ4n) is 1.28. The molecule has 0 atom stereocenters. The first kappa shape index (κ1) is 8.80. The van der Waals surface area contributed by atoms with Gasteiger partial charge < -0.3 is 0 Å². The van der Waals surface area contributed by atoms with E-state index < -0.39 is 0 Å². The summed E-state index contributed by atoms with van der Waals surface area (Å²) in [6.07, 6.45) is 3.95. The number of carbonyl (C=O) groups excluding carboxylic acids is 1. The van der Waals surface area contributed by atoms with Crippen LogP contribution in [-0.4, -0.2) is 25.9 Å². The molecule has 0 saturated heterocycles. The number of aldehydes is 1. The van der Waals surface area contributed by atoms with Crippen LogP contribution in [0, 0.1) is 0 Å². The van der Waals surface area contributed by atoms with Gasteiger partial charge in [0.15, 0.2) is 6.29 Å². The molecule has 0 amide bonds. The van der Waals surface area contributed by atoms with Crippen LogP contribution in [0.2, 0.25) is 0 Å². The lowest BCUT2D eigenvalue weighted by Gasteiger charge is -2.01. The summed E-state index contributed by atoms with van der Waals surface area (Å²) in [5, 5.41) is 7.91. The monoisotopic (exact) mass is 190 g/mol.